The van der Waals surface area contributed by atoms with Crippen molar-refractivity contribution in [3.8, 4) is 0 Å². The van der Waals surface area contributed by atoms with Gasteiger partial charge in [-0.3, -0.25) is 19.3 Å². The topological polar surface area (TPSA) is 121 Å². The minimum absolute atomic E-state index is 0.0449. The molecule has 2 N–H and O–H groups in total. The van der Waals surface area contributed by atoms with Gasteiger partial charge in [-0.2, -0.15) is 0 Å². The number of nitrogens with zero attached hydrogens (tertiary/aromatic N) is 1. The van der Waals surface area contributed by atoms with E-state index in [1.807, 2.05) is 0 Å². The number of carbonyl (C=O) groups is 3. The molecule has 0 bridgehead atoms. The number of carboxylic acids is 1. The number of aliphatic carboxylic acids is 1. The molecule has 0 saturated heterocycles. The van der Waals surface area contributed by atoms with Gasteiger partial charge < -0.3 is 5.11 Å². The van der Waals surface area contributed by atoms with Crippen LogP contribution in [0.4, 0.5) is 0 Å². The molecule has 0 spiro atoms. The molecule has 2 amide bonds. The Morgan fingerprint density at radius 3 is 2.26 bits per heavy atom. The first-order chi connectivity index (χ1) is 14.7. The van der Waals surface area contributed by atoms with Crippen molar-refractivity contribution >= 4 is 27.8 Å². The summed E-state index contributed by atoms with van der Waals surface area (Å²) in [5, 5.41) is 8.89. The number of allylic oxidation sites excluding steroid dienone is 9. The van der Waals surface area contributed by atoms with Gasteiger partial charge in [0, 0.05) is 26.1 Å². The largest absolute Gasteiger partial charge is 0.481 e. The van der Waals surface area contributed by atoms with E-state index in [0.29, 0.717) is 12.8 Å². The predicted molar refractivity (Wildman–Crippen MR) is 121 cm³/mol. The summed E-state index contributed by atoms with van der Waals surface area (Å²) in [4.78, 5) is 35.6. The molecule has 0 rings (SSSR count). The van der Waals surface area contributed by atoms with Crippen LogP contribution in [-0.4, -0.2) is 49.3 Å². The van der Waals surface area contributed by atoms with E-state index in [0.717, 1.165) is 4.90 Å². The Morgan fingerprint density at radius 2 is 1.68 bits per heavy atom. The number of carbonyl (C=O) groups excluding carboxylic acids is 2. The fraction of sp³-hybridized carbons (Fsp3) is 0.318. The average Bonchev–Trinajstić information content (AvgIpc) is 2.69. The monoisotopic (exact) mass is 450 g/mol. The minimum atomic E-state index is -3.94. The lowest BCUT2D eigenvalue weighted by Gasteiger charge is -2.17. The number of hydrogen-bond donors (Lipinski definition) is 2. The summed E-state index contributed by atoms with van der Waals surface area (Å²) in [6.07, 6.45) is 15.6. The minimum Gasteiger partial charge on any atom is -0.481 e. The molecule has 0 fully saturated rings. The second-order valence-corrected chi connectivity index (χ2v) is 8.03. The molecular weight excluding hydrogens is 420 g/mol. The van der Waals surface area contributed by atoms with E-state index < -0.39 is 34.2 Å². The molecule has 0 aromatic heterocycles. The van der Waals surface area contributed by atoms with E-state index in [1.54, 1.807) is 43.4 Å². The summed E-state index contributed by atoms with van der Waals surface area (Å²) in [5.41, 5.74) is 0. The summed E-state index contributed by atoms with van der Waals surface area (Å²) in [7, 11) is -3.94. The van der Waals surface area contributed by atoms with Crippen molar-refractivity contribution in [2.75, 3.05) is 13.1 Å². The highest BCUT2D eigenvalue weighted by Crippen LogP contribution is 2.10. The maximum Gasteiger partial charge on any atom is 0.308 e. The van der Waals surface area contributed by atoms with Crippen LogP contribution in [0.15, 0.2) is 72.2 Å². The first-order valence-electron chi connectivity index (χ1n) is 9.63. The standard InChI is InChI=1S/C22H30N2O6S/c1-4-6-8-9-10-11-15-21(26)24(19(3)25)17-13-12-16-23-31(29,30)20(14-7-5-2)18-22(27)28/h4-11,14-15,23H,1,12-13,16-18H2,2-3H3,(H,27,28)/b7-5-,8-6+,10-9-,15-11+,20-14+. The van der Waals surface area contributed by atoms with E-state index in [4.69, 9.17) is 5.11 Å². The predicted octanol–water partition coefficient (Wildman–Crippen LogP) is 2.85. The molecule has 8 nitrogen and oxygen atoms in total. The molecule has 0 heterocycles. The van der Waals surface area contributed by atoms with Gasteiger partial charge in [0.05, 0.1) is 11.3 Å². The van der Waals surface area contributed by atoms with Gasteiger partial charge in [-0.05, 0) is 25.8 Å². The zero-order valence-corrected chi connectivity index (χ0v) is 18.7. The molecule has 0 aliphatic rings. The Morgan fingerprint density at radius 1 is 1.03 bits per heavy atom. The second-order valence-electron chi connectivity index (χ2n) is 6.21. The Bertz CT molecular complexity index is 880. The fourth-order valence-corrected chi connectivity index (χ4v) is 3.38. The smallest absolute Gasteiger partial charge is 0.308 e. The lowest BCUT2D eigenvalue weighted by atomic mass is 10.2. The van der Waals surface area contributed by atoms with E-state index in [9.17, 15) is 22.8 Å². The number of sulfonamides is 1. The highest BCUT2D eigenvalue weighted by atomic mass is 32.2. The summed E-state index contributed by atoms with van der Waals surface area (Å²) in [5.74, 6) is -2.14. The van der Waals surface area contributed by atoms with Crippen molar-refractivity contribution < 1.29 is 27.9 Å². The summed E-state index contributed by atoms with van der Waals surface area (Å²) in [6.45, 7) is 6.67. The van der Waals surface area contributed by atoms with Crippen LogP contribution in [0.2, 0.25) is 0 Å². The first kappa shape index (κ1) is 28.0. The zero-order chi connectivity index (χ0) is 23.7. The van der Waals surface area contributed by atoms with Crippen LogP contribution >= 0.6 is 0 Å². The molecule has 31 heavy (non-hydrogen) atoms. The third-order valence-corrected chi connectivity index (χ3v) is 5.27. The van der Waals surface area contributed by atoms with E-state index in [-0.39, 0.29) is 18.0 Å². The highest BCUT2D eigenvalue weighted by Gasteiger charge is 2.19. The Labute approximate surface area is 184 Å². The molecule has 170 valence electrons. The lowest BCUT2D eigenvalue weighted by molar-refractivity contribution is -0.140. The number of nitrogens with one attached hydrogen (secondary N) is 1. The van der Waals surface area contributed by atoms with Gasteiger partial charge >= 0.3 is 5.97 Å². The SMILES string of the molecule is C=C/C=C/C=C\C=C\C(=O)N(CCCCNS(=O)(=O)/C(=C/C=C\C)CC(=O)O)C(C)=O. The molecule has 0 radical (unpaired) electrons. The van der Waals surface area contributed by atoms with Gasteiger partial charge in [0.25, 0.3) is 5.91 Å². The Balaban J connectivity index is 4.73. The normalized spacial score (nSPS) is 12.9. The maximum absolute atomic E-state index is 12.3. The van der Waals surface area contributed by atoms with Crippen molar-refractivity contribution in [3.05, 3.63) is 72.2 Å². The molecule has 0 aliphatic carbocycles. The molecule has 0 aliphatic heterocycles. The third-order valence-electron chi connectivity index (χ3n) is 3.71. The van der Waals surface area contributed by atoms with Crippen molar-refractivity contribution in [1.29, 1.82) is 0 Å². The van der Waals surface area contributed by atoms with Crippen LogP contribution in [0, 0.1) is 0 Å². The Kier molecular flexibility index (Phi) is 14.2. The quantitative estimate of drug-likeness (QED) is 0.238. The summed E-state index contributed by atoms with van der Waals surface area (Å²) in [6, 6.07) is 0. The number of rotatable bonds is 14. The number of carboxylic acid groups (broad SMARTS) is 1. The molecule has 0 aromatic carbocycles. The number of hydrogen-bond acceptors (Lipinski definition) is 5. The molecule has 0 atom stereocenters. The third kappa shape index (κ3) is 13.0. The molecule has 0 unspecified atom stereocenters. The van der Waals surface area contributed by atoms with Crippen LogP contribution in [0.5, 0.6) is 0 Å². The van der Waals surface area contributed by atoms with Crippen LogP contribution in [0.3, 0.4) is 0 Å². The summed E-state index contributed by atoms with van der Waals surface area (Å²) < 4.78 is 26.9. The van der Waals surface area contributed by atoms with Crippen LogP contribution < -0.4 is 4.72 Å². The van der Waals surface area contributed by atoms with Gasteiger partial charge in [-0.25, -0.2) is 13.1 Å². The maximum atomic E-state index is 12.3. The van der Waals surface area contributed by atoms with Gasteiger partial charge in [-0.15, -0.1) is 0 Å². The first-order valence-corrected chi connectivity index (χ1v) is 11.1. The van der Waals surface area contributed by atoms with E-state index in [2.05, 4.69) is 11.3 Å². The molecule has 0 saturated carbocycles. The van der Waals surface area contributed by atoms with Crippen LogP contribution in [0.25, 0.3) is 0 Å². The van der Waals surface area contributed by atoms with Crippen LogP contribution in [0.1, 0.15) is 33.1 Å². The fourth-order valence-electron chi connectivity index (χ4n) is 2.21. The van der Waals surface area contributed by atoms with E-state index >= 15 is 0 Å². The highest BCUT2D eigenvalue weighted by molar-refractivity contribution is 7.93. The number of imide groups is 1. The van der Waals surface area contributed by atoms with Crippen molar-refractivity contribution in [1.82, 2.24) is 9.62 Å². The number of amides is 2. The van der Waals surface area contributed by atoms with Gasteiger partial charge in [-0.1, -0.05) is 55.2 Å². The molecular formula is C22H30N2O6S. The molecule has 9 heteroatoms. The van der Waals surface area contributed by atoms with Crippen LogP contribution in [-0.2, 0) is 24.4 Å². The summed E-state index contributed by atoms with van der Waals surface area (Å²) >= 11 is 0. The number of unbranched alkanes of at least 4 members (excludes halogenated alkanes) is 1. The molecule has 0 aromatic rings. The zero-order valence-electron chi connectivity index (χ0n) is 17.9. The van der Waals surface area contributed by atoms with Gasteiger partial charge in [0.15, 0.2) is 0 Å². The average molecular weight is 451 g/mol. The van der Waals surface area contributed by atoms with Gasteiger partial charge in [0.1, 0.15) is 0 Å². The second kappa shape index (κ2) is 15.8. The lowest BCUT2D eigenvalue weighted by Crippen LogP contribution is -2.35. The van der Waals surface area contributed by atoms with E-state index in [1.165, 1.54) is 31.2 Å². The van der Waals surface area contributed by atoms with Crippen molar-refractivity contribution in [2.45, 2.75) is 33.1 Å². The van der Waals surface area contributed by atoms with Gasteiger partial charge in [0.2, 0.25) is 15.9 Å². The van der Waals surface area contributed by atoms with Crippen molar-refractivity contribution in [2.24, 2.45) is 0 Å². The van der Waals surface area contributed by atoms with Crippen molar-refractivity contribution in [3.63, 3.8) is 0 Å². The Hall–Kier alpha value is -3.04.